The van der Waals surface area contributed by atoms with Crippen LogP contribution in [0.3, 0.4) is 0 Å². The summed E-state index contributed by atoms with van der Waals surface area (Å²) in [5, 5.41) is 14.2. The quantitative estimate of drug-likeness (QED) is 0.781. The van der Waals surface area contributed by atoms with E-state index in [9.17, 15) is 0 Å². The maximum Gasteiger partial charge on any atom is 0.0443 e. The second kappa shape index (κ2) is 6.69. The second-order valence-electron chi connectivity index (χ2n) is 4.35. The van der Waals surface area contributed by atoms with Crippen LogP contribution < -0.4 is 5.32 Å². The molecule has 18 heavy (non-hydrogen) atoms. The van der Waals surface area contributed by atoms with E-state index in [0.29, 0.717) is 6.04 Å². The molecule has 0 spiro atoms. The van der Waals surface area contributed by atoms with Crippen molar-refractivity contribution in [2.24, 2.45) is 0 Å². The first kappa shape index (κ1) is 13.3. The van der Waals surface area contributed by atoms with Crippen molar-refractivity contribution in [3.8, 4) is 10.4 Å². The van der Waals surface area contributed by atoms with Gasteiger partial charge in [-0.2, -0.15) is 0 Å². The normalized spacial score (nSPS) is 12.6. The largest absolute Gasteiger partial charge is 0.396 e. The highest BCUT2D eigenvalue weighted by Crippen LogP contribution is 2.25. The van der Waals surface area contributed by atoms with Gasteiger partial charge in [0.15, 0.2) is 0 Å². The molecule has 2 N–H and O–H groups in total. The third kappa shape index (κ3) is 3.42. The molecule has 0 saturated carbocycles. The smallest absolute Gasteiger partial charge is 0.0443 e. The maximum atomic E-state index is 8.75. The van der Waals surface area contributed by atoms with Gasteiger partial charge >= 0.3 is 0 Å². The first-order valence-corrected chi connectivity index (χ1v) is 7.17. The van der Waals surface area contributed by atoms with Crippen LogP contribution in [0.15, 0.2) is 41.8 Å². The Kier molecular flexibility index (Phi) is 4.93. The number of aliphatic hydroxyl groups is 1. The fraction of sp³-hybridized carbons (Fsp3) is 0.333. The molecule has 1 atom stereocenters. The number of aliphatic hydroxyl groups excluding tert-OH is 1. The highest BCUT2D eigenvalue weighted by molar-refractivity contribution is 7.13. The second-order valence-corrected chi connectivity index (χ2v) is 5.30. The summed E-state index contributed by atoms with van der Waals surface area (Å²) in [4.78, 5) is 1.31. The van der Waals surface area contributed by atoms with Gasteiger partial charge in [0, 0.05) is 17.5 Å². The van der Waals surface area contributed by atoms with Gasteiger partial charge in [-0.25, -0.2) is 0 Å². The van der Waals surface area contributed by atoms with Crippen LogP contribution in [-0.2, 0) is 0 Å². The van der Waals surface area contributed by atoms with Gasteiger partial charge < -0.3 is 10.4 Å². The number of rotatable bonds is 6. The summed E-state index contributed by atoms with van der Waals surface area (Å²) in [6.45, 7) is 3.25. The number of thiophene rings is 1. The fourth-order valence-corrected chi connectivity index (χ4v) is 2.63. The van der Waals surface area contributed by atoms with E-state index in [2.05, 4.69) is 54.0 Å². The SMILES string of the molecule is CC(NCCCO)c1ccc(-c2cccs2)cc1. The number of benzene rings is 1. The Morgan fingerprint density at radius 1 is 1.22 bits per heavy atom. The van der Waals surface area contributed by atoms with Crippen molar-refractivity contribution in [3.05, 3.63) is 47.3 Å². The topological polar surface area (TPSA) is 32.3 Å². The Balaban J connectivity index is 1.99. The van der Waals surface area contributed by atoms with Crippen LogP contribution in [0.4, 0.5) is 0 Å². The summed E-state index contributed by atoms with van der Waals surface area (Å²) in [5.74, 6) is 0. The zero-order chi connectivity index (χ0) is 12.8. The molecule has 1 heterocycles. The lowest BCUT2D eigenvalue weighted by atomic mass is 10.1. The first-order valence-electron chi connectivity index (χ1n) is 6.29. The van der Waals surface area contributed by atoms with Crippen molar-refractivity contribution in [1.29, 1.82) is 0 Å². The van der Waals surface area contributed by atoms with Gasteiger partial charge in [-0.15, -0.1) is 11.3 Å². The van der Waals surface area contributed by atoms with Crippen LogP contribution in [0.1, 0.15) is 24.9 Å². The van der Waals surface area contributed by atoms with E-state index in [1.54, 1.807) is 11.3 Å². The molecule has 96 valence electrons. The molecule has 2 nitrogen and oxygen atoms in total. The summed E-state index contributed by atoms with van der Waals surface area (Å²) in [5.41, 5.74) is 2.56. The van der Waals surface area contributed by atoms with Crippen molar-refractivity contribution in [1.82, 2.24) is 5.32 Å². The molecule has 1 unspecified atom stereocenters. The average molecular weight is 261 g/mol. The highest BCUT2D eigenvalue weighted by Gasteiger charge is 2.05. The Morgan fingerprint density at radius 3 is 2.61 bits per heavy atom. The van der Waals surface area contributed by atoms with Gasteiger partial charge in [0.2, 0.25) is 0 Å². The monoisotopic (exact) mass is 261 g/mol. The fourth-order valence-electron chi connectivity index (χ4n) is 1.89. The summed E-state index contributed by atoms with van der Waals surface area (Å²) < 4.78 is 0. The Labute approximate surface area is 112 Å². The summed E-state index contributed by atoms with van der Waals surface area (Å²) in [7, 11) is 0. The number of nitrogens with one attached hydrogen (secondary N) is 1. The number of hydrogen-bond acceptors (Lipinski definition) is 3. The van der Waals surface area contributed by atoms with Crippen LogP contribution in [-0.4, -0.2) is 18.3 Å². The molecule has 0 aliphatic carbocycles. The first-order chi connectivity index (χ1) is 8.81. The lowest BCUT2D eigenvalue weighted by Gasteiger charge is -2.14. The summed E-state index contributed by atoms with van der Waals surface area (Å²) in [6.07, 6.45) is 0.803. The van der Waals surface area contributed by atoms with E-state index in [1.165, 1.54) is 16.0 Å². The van der Waals surface area contributed by atoms with Gasteiger partial charge in [-0.1, -0.05) is 30.3 Å². The number of hydrogen-bond donors (Lipinski definition) is 2. The minimum atomic E-state index is 0.247. The van der Waals surface area contributed by atoms with Gasteiger partial charge in [-0.3, -0.25) is 0 Å². The molecule has 3 heteroatoms. The highest BCUT2D eigenvalue weighted by atomic mass is 32.1. The van der Waals surface area contributed by atoms with E-state index in [0.717, 1.165) is 13.0 Å². The van der Waals surface area contributed by atoms with Crippen LogP contribution in [0.25, 0.3) is 10.4 Å². The van der Waals surface area contributed by atoms with Crippen LogP contribution in [0.2, 0.25) is 0 Å². The lowest BCUT2D eigenvalue weighted by molar-refractivity contribution is 0.284. The van der Waals surface area contributed by atoms with Gasteiger partial charge in [0.25, 0.3) is 0 Å². The van der Waals surface area contributed by atoms with E-state index in [1.807, 2.05) is 0 Å². The van der Waals surface area contributed by atoms with E-state index in [4.69, 9.17) is 5.11 Å². The summed E-state index contributed by atoms with van der Waals surface area (Å²) in [6, 6.07) is 13.2. The third-order valence-electron chi connectivity index (χ3n) is 3.00. The molecule has 1 aromatic heterocycles. The van der Waals surface area contributed by atoms with Gasteiger partial charge in [0.05, 0.1) is 0 Å². The van der Waals surface area contributed by atoms with Crippen LogP contribution in [0, 0.1) is 0 Å². The molecule has 0 amide bonds. The molecule has 0 fully saturated rings. The minimum absolute atomic E-state index is 0.247. The van der Waals surface area contributed by atoms with E-state index < -0.39 is 0 Å². The minimum Gasteiger partial charge on any atom is -0.396 e. The molecule has 0 saturated heterocycles. The zero-order valence-corrected chi connectivity index (χ0v) is 11.4. The molecule has 0 aliphatic rings. The van der Waals surface area contributed by atoms with Crippen LogP contribution >= 0.6 is 11.3 Å². The predicted octanol–water partition coefficient (Wildman–Crippen LogP) is 3.45. The molecule has 0 aliphatic heterocycles. The molecule has 0 bridgehead atoms. The standard InChI is InChI=1S/C15H19NOS/c1-12(16-9-3-10-17)13-5-7-14(8-6-13)15-4-2-11-18-15/h2,4-8,11-12,16-17H,3,9-10H2,1H3. The Morgan fingerprint density at radius 2 is 2.00 bits per heavy atom. The Hall–Kier alpha value is -1.16. The molecule has 0 radical (unpaired) electrons. The van der Waals surface area contributed by atoms with Crippen LogP contribution in [0.5, 0.6) is 0 Å². The van der Waals surface area contributed by atoms with Gasteiger partial charge in [0.1, 0.15) is 0 Å². The molecule has 1 aromatic carbocycles. The van der Waals surface area contributed by atoms with E-state index >= 15 is 0 Å². The van der Waals surface area contributed by atoms with Crippen molar-refractivity contribution >= 4 is 11.3 Å². The van der Waals surface area contributed by atoms with Crippen molar-refractivity contribution < 1.29 is 5.11 Å². The Bertz CT molecular complexity index is 450. The third-order valence-corrected chi connectivity index (χ3v) is 3.92. The maximum absolute atomic E-state index is 8.75. The zero-order valence-electron chi connectivity index (χ0n) is 10.6. The van der Waals surface area contributed by atoms with Crippen molar-refractivity contribution in [3.63, 3.8) is 0 Å². The lowest BCUT2D eigenvalue weighted by Crippen LogP contribution is -2.20. The molecular formula is C15H19NOS. The van der Waals surface area contributed by atoms with Crippen molar-refractivity contribution in [2.45, 2.75) is 19.4 Å². The van der Waals surface area contributed by atoms with Crippen molar-refractivity contribution in [2.75, 3.05) is 13.2 Å². The molecular weight excluding hydrogens is 242 g/mol. The molecule has 2 rings (SSSR count). The predicted molar refractivity (Wildman–Crippen MR) is 77.9 cm³/mol. The summed E-state index contributed by atoms with van der Waals surface area (Å²) >= 11 is 1.76. The van der Waals surface area contributed by atoms with E-state index in [-0.39, 0.29) is 6.61 Å². The van der Waals surface area contributed by atoms with Gasteiger partial charge in [-0.05, 0) is 42.5 Å². The average Bonchev–Trinajstić information content (AvgIpc) is 2.93. The molecule has 2 aromatic rings.